The van der Waals surface area contributed by atoms with E-state index in [4.69, 9.17) is 0 Å². The molecule has 0 aromatic carbocycles. The fourth-order valence-electron chi connectivity index (χ4n) is 0. The van der Waals surface area contributed by atoms with Crippen LogP contribution in [0.3, 0.4) is 0 Å². The molecule has 0 aliphatic rings. The summed E-state index contributed by atoms with van der Waals surface area (Å²) in [7, 11) is 0. The van der Waals surface area contributed by atoms with Gasteiger partial charge < -0.3 is 0 Å². The summed E-state index contributed by atoms with van der Waals surface area (Å²) in [5.74, 6) is 0. The molecule has 0 unspecified atom stereocenters. The standard InChI is InChI=1S/C4H7.Y/c1-3-4-2;/h3-4H,1H2,2H3;/q-1;. The molecule has 0 saturated heterocycles. The van der Waals surface area contributed by atoms with Gasteiger partial charge in [-0.3, -0.25) is 0 Å². The molecule has 0 N–H and O–H groups in total. The van der Waals surface area contributed by atoms with Gasteiger partial charge in [0.1, 0.15) is 0 Å². The molecule has 0 saturated carbocycles. The molecule has 0 fully saturated rings. The topological polar surface area (TPSA) is 0 Å². The third-order valence-corrected chi connectivity index (χ3v) is 0.236. The van der Waals surface area contributed by atoms with Gasteiger partial charge >= 0.3 is 0 Å². The van der Waals surface area contributed by atoms with Crippen molar-refractivity contribution in [1.82, 2.24) is 0 Å². The van der Waals surface area contributed by atoms with Gasteiger partial charge in [0.2, 0.25) is 0 Å². The first-order chi connectivity index (χ1) is 1.91. The minimum Gasteiger partial charge on any atom is -0.245 e. The Labute approximate surface area is 58.5 Å². The number of rotatable bonds is 1. The molecule has 27 valence electrons. The summed E-state index contributed by atoms with van der Waals surface area (Å²) in [5.41, 5.74) is 0. The number of hydrogen-bond donors (Lipinski definition) is 0. The van der Waals surface area contributed by atoms with Crippen molar-refractivity contribution in [3.05, 3.63) is 19.1 Å². The molecule has 5 heavy (non-hydrogen) atoms. The molecular formula is C4H7Y-. The van der Waals surface area contributed by atoms with Gasteiger partial charge in [0.15, 0.2) is 0 Å². The Bertz CT molecular complexity index is 17.6. The predicted molar refractivity (Wildman–Crippen MR) is 20.2 cm³/mol. The molecule has 0 heterocycles. The van der Waals surface area contributed by atoms with Crippen LogP contribution >= 0.6 is 0 Å². The van der Waals surface area contributed by atoms with Gasteiger partial charge in [-0.25, -0.2) is 19.1 Å². The minimum absolute atomic E-state index is 0. The first-order valence-corrected chi connectivity index (χ1v) is 1.32. The van der Waals surface area contributed by atoms with Crippen LogP contribution in [-0.4, -0.2) is 0 Å². The van der Waals surface area contributed by atoms with E-state index in [1.807, 2.05) is 13.3 Å². The smallest absolute Gasteiger partial charge is 0 e. The normalized spacial score (nSPS) is 4.20. The van der Waals surface area contributed by atoms with Crippen LogP contribution in [0.15, 0.2) is 12.7 Å². The van der Waals surface area contributed by atoms with Crippen molar-refractivity contribution < 1.29 is 32.7 Å². The average molecular weight is 144 g/mol. The molecule has 1 heteroatoms. The van der Waals surface area contributed by atoms with Crippen LogP contribution in [0.25, 0.3) is 0 Å². The van der Waals surface area contributed by atoms with Crippen molar-refractivity contribution in [2.24, 2.45) is 0 Å². The molecule has 0 amide bonds. The van der Waals surface area contributed by atoms with Crippen molar-refractivity contribution in [2.45, 2.75) is 6.92 Å². The maximum Gasteiger partial charge on any atom is 0 e. The molecule has 0 atom stereocenters. The molecule has 0 rings (SSSR count). The third kappa shape index (κ3) is 11.8. The zero-order valence-electron chi connectivity index (χ0n) is 3.44. The third-order valence-electron chi connectivity index (χ3n) is 0.236. The summed E-state index contributed by atoms with van der Waals surface area (Å²) in [5, 5.41) is 0. The summed E-state index contributed by atoms with van der Waals surface area (Å²) in [6.07, 6.45) is 3.64. The van der Waals surface area contributed by atoms with Crippen molar-refractivity contribution in [2.75, 3.05) is 0 Å². The first kappa shape index (κ1) is 9.21. The first-order valence-electron chi connectivity index (χ1n) is 1.32. The van der Waals surface area contributed by atoms with Crippen molar-refractivity contribution in [3.8, 4) is 0 Å². The summed E-state index contributed by atoms with van der Waals surface area (Å²) in [6, 6.07) is 0. The quantitative estimate of drug-likeness (QED) is 0.488. The largest absolute Gasteiger partial charge is 0.245 e. The second kappa shape index (κ2) is 8.83. The van der Waals surface area contributed by atoms with Gasteiger partial charge in [0.25, 0.3) is 0 Å². The molecule has 1 radical (unpaired) electrons. The van der Waals surface area contributed by atoms with E-state index in [0.717, 1.165) is 0 Å². The summed E-state index contributed by atoms with van der Waals surface area (Å²) >= 11 is 0. The minimum atomic E-state index is 0. The van der Waals surface area contributed by atoms with E-state index in [0.29, 0.717) is 0 Å². The molecule has 0 aromatic rings. The summed E-state index contributed by atoms with van der Waals surface area (Å²) in [6.45, 7) is 5.36. The Morgan fingerprint density at radius 1 is 1.80 bits per heavy atom. The zero-order valence-corrected chi connectivity index (χ0v) is 6.28. The SMILES string of the molecule is C=C[CH-]C.[Y]. The molecule has 0 spiro atoms. The maximum absolute atomic E-state index is 3.42. The van der Waals surface area contributed by atoms with Crippen LogP contribution in [0.2, 0.25) is 0 Å². The Hall–Kier alpha value is 0.714. The molecule has 0 bridgehead atoms. The molecule has 0 aliphatic heterocycles. The van der Waals surface area contributed by atoms with Crippen LogP contribution in [0.4, 0.5) is 0 Å². The molecular weight excluding hydrogens is 137 g/mol. The molecule has 0 aliphatic carbocycles. The summed E-state index contributed by atoms with van der Waals surface area (Å²) < 4.78 is 0. The van der Waals surface area contributed by atoms with Crippen molar-refractivity contribution in [1.29, 1.82) is 0 Å². The Balaban J connectivity index is 0. The Kier molecular flexibility index (Phi) is 16.3. The van der Waals surface area contributed by atoms with Crippen LogP contribution in [0.1, 0.15) is 6.92 Å². The summed E-state index contributed by atoms with van der Waals surface area (Å²) in [4.78, 5) is 0. The fourth-order valence-corrected chi connectivity index (χ4v) is 0. The van der Waals surface area contributed by atoms with Crippen molar-refractivity contribution in [3.63, 3.8) is 0 Å². The van der Waals surface area contributed by atoms with E-state index < -0.39 is 0 Å². The number of hydrogen-bond acceptors (Lipinski definition) is 0. The van der Waals surface area contributed by atoms with Gasteiger partial charge in [0.05, 0.1) is 0 Å². The van der Waals surface area contributed by atoms with Gasteiger partial charge in [0, 0.05) is 32.7 Å². The van der Waals surface area contributed by atoms with E-state index in [1.54, 1.807) is 6.08 Å². The monoisotopic (exact) mass is 144 g/mol. The van der Waals surface area contributed by atoms with E-state index in [9.17, 15) is 0 Å². The Morgan fingerprint density at radius 3 is 2.00 bits per heavy atom. The fraction of sp³-hybridized carbons (Fsp3) is 0.250. The van der Waals surface area contributed by atoms with Crippen LogP contribution in [0, 0.1) is 6.42 Å². The average Bonchev–Trinajstić information content (AvgIpc) is 1.37. The molecule has 0 nitrogen and oxygen atoms in total. The number of allylic oxidation sites excluding steroid dienone is 1. The van der Waals surface area contributed by atoms with Gasteiger partial charge in [-0.05, 0) is 0 Å². The van der Waals surface area contributed by atoms with Gasteiger partial charge in [-0.15, -0.1) is 6.92 Å². The van der Waals surface area contributed by atoms with Crippen molar-refractivity contribution >= 4 is 0 Å². The van der Waals surface area contributed by atoms with E-state index in [2.05, 4.69) is 6.58 Å². The Morgan fingerprint density at radius 2 is 2.00 bits per heavy atom. The second-order valence-electron chi connectivity index (χ2n) is 0.569. The second-order valence-corrected chi connectivity index (χ2v) is 0.569. The van der Waals surface area contributed by atoms with Crippen LogP contribution in [-0.2, 0) is 32.7 Å². The maximum atomic E-state index is 3.42. The predicted octanol–water partition coefficient (Wildman–Crippen LogP) is 1.39. The van der Waals surface area contributed by atoms with E-state index in [-0.39, 0.29) is 32.7 Å². The van der Waals surface area contributed by atoms with E-state index in [1.165, 1.54) is 0 Å². The molecule has 0 aromatic heterocycles. The van der Waals surface area contributed by atoms with Gasteiger partial charge in [-0.1, -0.05) is 0 Å². The van der Waals surface area contributed by atoms with E-state index >= 15 is 0 Å². The van der Waals surface area contributed by atoms with Crippen LogP contribution in [0.5, 0.6) is 0 Å². The van der Waals surface area contributed by atoms with Crippen LogP contribution < -0.4 is 0 Å². The van der Waals surface area contributed by atoms with Gasteiger partial charge in [-0.2, -0.15) is 0 Å². The zero-order chi connectivity index (χ0) is 3.41.